The minimum absolute atomic E-state index is 0.439. The number of rotatable bonds is 3. The van der Waals surface area contributed by atoms with Crippen molar-refractivity contribution in [2.24, 2.45) is 0 Å². The molecule has 0 unspecified atom stereocenters. The number of terminal acetylenes is 1. The maximum atomic E-state index is 6.18. The van der Waals surface area contributed by atoms with E-state index in [2.05, 4.69) is 10.9 Å². The Balaban J connectivity index is 2.60. The summed E-state index contributed by atoms with van der Waals surface area (Å²) < 4.78 is 1.88. The van der Waals surface area contributed by atoms with Crippen molar-refractivity contribution in [3.8, 4) is 23.6 Å². The van der Waals surface area contributed by atoms with Gasteiger partial charge in [0.1, 0.15) is 17.3 Å². The first-order valence-corrected chi connectivity index (χ1v) is 6.51. The molecule has 3 nitrogen and oxygen atoms in total. The molecule has 0 aliphatic rings. The summed E-state index contributed by atoms with van der Waals surface area (Å²) in [5.74, 6) is 4.12. The van der Waals surface area contributed by atoms with Crippen LogP contribution in [0.25, 0.3) is 11.3 Å². The highest BCUT2D eigenvalue weighted by atomic mass is 35.5. The topological polar surface area (TPSA) is 43.8 Å². The zero-order chi connectivity index (χ0) is 14.0. The molecule has 98 valence electrons. The lowest BCUT2D eigenvalue weighted by Crippen LogP contribution is -2.05. The summed E-state index contributed by atoms with van der Waals surface area (Å²) in [7, 11) is 0. The van der Waals surface area contributed by atoms with Crippen molar-refractivity contribution >= 4 is 17.4 Å². The Bertz CT molecular complexity index is 650. The summed E-state index contributed by atoms with van der Waals surface area (Å²) >= 11 is 5.97. The second-order valence-electron chi connectivity index (χ2n) is 4.36. The molecule has 4 heteroatoms. The largest absolute Gasteiger partial charge is 0.383 e. The van der Waals surface area contributed by atoms with Gasteiger partial charge in [0.15, 0.2) is 0 Å². The van der Waals surface area contributed by atoms with Crippen LogP contribution in [0, 0.1) is 19.3 Å². The van der Waals surface area contributed by atoms with Crippen molar-refractivity contribution in [3.05, 3.63) is 34.6 Å². The van der Waals surface area contributed by atoms with Crippen LogP contribution in [0.3, 0.4) is 0 Å². The summed E-state index contributed by atoms with van der Waals surface area (Å²) in [6.07, 6.45) is 6.17. The molecule has 1 aromatic heterocycles. The molecule has 0 saturated heterocycles. The van der Waals surface area contributed by atoms with E-state index in [1.807, 2.05) is 36.6 Å². The molecule has 0 radical (unpaired) electrons. The summed E-state index contributed by atoms with van der Waals surface area (Å²) in [5, 5.41) is 0.707. The third-order valence-corrected chi connectivity index (χ3v) is 3.33. The summed E-state index contributed by atoms with van der Waals surface area (Å²) in [5.41, 5.74) is 9.00. The highest BCUT2D eigenvalue weighted by Gasteiger charge is 2.16. The molecule has 2 aromatic rings. The lowest BCUT2D eigenvalue weighted by Gasteiger charge is -2.06. The van der Waals surface area contributed by atoms with Gasteiger partial charge in [-0.05, 0) is 24.6 Å². The monoisotopic (exact) mass is 273 g/mol. The van der Waals surface area contributed by atoms with Gasteiger partial charge in [0.05, 0.1) is 6.54 Å². The lowest BCUT2D eigenvalue weighted by molar-refractivity contribution is 0.769. The molecular formula is C15H16ClN3. The van der Waals surface area contributed by atoms with Crippen LogP contribution >= 0.6 is 11.6 Å². The van der Waals surface area contributed by atoms with Crippen molar-refractivity contribution in [1.82, 2.24) is 9.55 Å². The Hall–Kier alpha value is -1.92. The van der Waals surface area contributed by atoms with E-state index < -0.39 is 0 Å². The Labute approximate surface area is 118 Å². The van der Waals surface area contributed by atoms with Crippen LogP contribution in [0.4, 0.5) is 5.82 Å². The predicted molar refractivity (Wildman–Crippen MR) is 80.0 cm³/mol. The van der Waals surface area contributed by atoms with Gasteiger partial charge in [0.25, 0.3) is 0 Å². The van der Waals surface area contributed by atoms with Crippen molar-refractivity contribution < 1.29 is 0 Å². The molecule has 1 aromatic carbocycles. The number of benzene rings is 1. The Morgan fingerprint density at radius 2 is 2.21 bits per heavy atom. The number of halogens is 1. The second kappa shape index (κ2) is 5.38. The Morgan fingerprint density at radius 1 is 1.47 bits per heavy atom. The molecule has 19 heavy (non-hydrogen) atoms. The molecule has 0 aliphatic heterocycles. The molecule has 0 fully saturated rings. The number of anilines is 1. The average Bonchev–Trinajstić information content (AvgIpc) is 2.68. The normalized spacial score (nSPS) is 10.4. The number of nitrogens with two attached hydrogens (primary N) is 1. The fourth-order valence-electron chi connectivity index (χ4n) is 2.14. The molecular weight excluding hydrogens is 258 g/mol. The van der Waals surface area contributed by atoms with E-state index >= 15 is 0 Å². The van der Waals surface area contributed by atoms with Crippen LogP contribution in [-0.2, 0) is 13.0 Å². The van der Waals surface area contributed by atoms with Crippen LogP contribution in [0.15, 0.2) is 18.2 Å². The lowest BCUT2D eigenvalue weighted by atomic mass is 10.1. The molecule has 0 spiro atoms. The molecule has 1 heterocycles. The molecule has 0 saturated carbocycles. The fourth-order valence-corrected chi connectivity index (χ4v) is 2.37. The predicted octanol–water partition coefficient (Wildman–Crippen LogP) is 3.29. The van der Waals surface area contributed by atoms with Crippen molar-refractivity contribution in [2.45, 2.75) is 26.8 Å². The molecule has 0 aliphatic carbocycles. The smallest absolute Gasteiger partial charge is 0.132 e. The van der Waals surface area contributed by atoms with Crippen LogP contribution in [0.5, 0.6) is 0 Å². The molecule has 2 N–H and O–H groups in total. The van der Waals surface area contributed by atoms with Gasteiger partial charge < -0.3 is 10.3 Å². The number of nitrogens with zero attached hydrogens (tertiary/aromatic N) is 2. The van der Waals surface area contributed by atoms with E-state index in [1.165, 1.54) is 0 Å². The Kier molecular flexibility index (Phi) is 3.82. The second-order valence-corrected chi connectivity index (χ2v) is 4.80. The zero-order valence-corrected chi connectivity index (χ0v) is 11.8. The molecule has 0 bridgehead atoms. The first-order chi connectivity index (χ1) is 9.08. The average molecular weight is 274 g/mol. The van der Waals surface area contributed by atoms with Crippen LogP contribution < -0.4 is 5.73 Å². The van der Waals surface area contributed by atoms with E-state index in [0.29, 0.717) is 17.4 Å². The molecule has 0 amide bonds. The number of aromatic nitrogens is 2. The number of hydrogen-bond donors (Lipinski definition) is 1. The number of hydrogen-bond acceptors (Lipinski definition) is 2. The third kappa shape index (κ3) is 2.45. The van der Waals surface area contributed by atoms with Gasteiger partial charge in [-0.25, -0.2) is 4.98 Å². The van der Waals surface area contributed by atoms with Gasteiger partial charge in [-0.3, -0.25) is 0 Å². The minimum atomic E-state index is 0.439. The molecule has 0 atom stereocenters. The van der Waals surface area contributed by atoms with Crippen molar-refractivity contribution in [3.63, 3.8) is 0 Å². The van der Waals surface area contributed by atoms with Crippen LogP contribution in [0.1, 0.15) is 18.3 Å². The van der Waals surface area contributed by atoms with E-state index in [4.69, 9.17) is 23.8 Å². The van der Waals surface area contributed by atoms with Gasteiger partial charge in [0, 0.05) is 17.0 Å². The van der Waals surface area contributed by atoms with Crippen LogP contribution in [0.2, 0.25) is 5.02 Å². The van der Waals surface area contributed by atoms with Gasteiger partial charge in [-0.2, -0.15) is 0 Å². The first-order valence-electron chi connectivity index (χ1n) is 6.13. The third-order valence-electron chi connectivity index (χ3n) is 3.10. The summed E-state index contributed by atoms with van der Waals surface area (Å²) in [6.45, 7) is 4.47. The minimum Gasteiger partial charge on any atom is -0.383 e. The van der Waals surface area contributed by atoms with Gasteiger partial charge in [-0.15, -0.1) is 6.42 Å². The zero-order valence-electron chi connectivity index (χ0n) is 11.1. The van der Waals surface area contributed by atoms with E-state index in [0.717, 1.165) is 29.1 Å². The van der Waals surface area contributed by atoms with Crippen molar-refractivity contribution in [1.29, 1.82) is 0 Å². The van der Waals surface area contributed by atoms with E-state index in [-0.39, 0.29) is 0 Å². The number of nitrogen functional groups attached to an aromatic ring is 1. The van der Waals surface area contributed by atoms with Gasteiger partial charge in [-0.1, -0.05) is 30.5 Å². The van der Waals surface area contributed by atoms with Crippen LogP contribution in [-0.4, -0.2) is 9.55 Å². The Morgan fingerprint density at radius 3 is 2.79 bits per heavy atom. The number of imidazole rings is 1. The number of aryl methyl sites for hydroxylation is 2. The SMILES string of the molecule is C#CCn1c(CC)nc(-c2ccc(Cl)cc2C)c1N. The van der Waals surface area contributed by atoms with E-state index in [1.54, 1.807) is 0 Å². The van der Waals surface area contributed by atoms with Crippen molar-refractivity contribution in [2.75, 3.05) is 5.73 Å². The highest BCUT2D eigenvalue weighted by Crippen LogP contribution is 2.30. The molecule has 2 rings (SSSR count). The van der Waals surface area contributed by atoms with Gasteiger partial charge in [0.2, 0.25) is 0 Å². The summed E-state index contributed by atoms with van der Waals surface area (Å²) in [4.78, 5) is 4.61. The maximum absolute atomic E-state index is 6.18. The van der Waals surface area contributed by atoms with E-state index in [9.17, 15) is 0 Å². The highest BCUT2D eigenvalue weighted by molar-refractivity contribution is 6.30. The summed E-state index contributed by atoms with van der Waals surface area (Å²) in [6, 6.07) is 5.69. The first kappa shape index (κ1) is 13.5. The quantitative estimate of drug-likeness (QED) is 0.872. The van der Waals surface area contributed by atoms with Gasteiger partial charge >= 0.3 is 0 Å². The maximum Gasteiger partial charge on any atom is 0.132 e. The fraction of sp³-hybridized carbons (Fsp3) is 0.267. The standard InChI is InChI=1S/C15H16ClN3/c1-4-8-19-13(5-2)18-14(15(19)17)12-7-6-11(16)9-10(12)3/h1,6-7,9H,5,8,17H2,2-3H3.